The first-order valence-corrected chi connectivity index (χ1v) is 12.3. The second kappa shape index (κ2) is 14.3. The van der Waals surface area contributed by atoms with Crippen LogP contribution in [-0.4, -0.2) is 35.1 Å². The molecule has 0 aromatic heterocycles. The van der Waals surface area contributed by atoms with E-state index >= 15 is 0 Å². The largest absolute Gasteiger partial charge is 0.595 e. The number of amidine groups is 1. The van der Waals surface area contributed by atoms with Crippen molar-refractivity contribution in [2.24, 2.45) is 15.3 Å². The molecule has 40 heavy (non-hydrogen) atoms. The van der Waals surface area contributed by atoms with Crippen molar-refractivity contribution < 1.29 is 20.3 Å². The van der Waals surface area contributed by atoms with Gasteiger partial charge in [0, 0.05) is 41.5 Å². The number of nitrogens with one attached hydrogen (secondary N) is 2. The molecular weight excluding hydrogens is 536 g/mol. The van der Waals surface area contributed by atoms with Crippen molar-refractivity contribution in [1.29, 1.82) is 10.5 Å². The van der Waals surface area contributed by atoms with E-state index in [2.05, 4.69) is 32.9 Å². The van der Waals surface area contributed by atoms with Crippen molar-refractivity contribution in [3.05, 3.63) is 87.6 Å². The number of nitriles is 2. The predicted octanol–water partition coefficient (Wildman–Crippen LogP) is 4.27. The zero-order valence-corrected chi connectivity index (χ0v) is 22.1. The number of azo groups is 1. The van der Waals surface area contributed by atoms with Crippen LogP contribution in [0, 0.1) is 34.8 Å². The average Bonchev–Trinajstić information content (AvgIpc) is 2.94. The zero-order chi connectivity index (χ0) is 29.1. The number of quaternary nitrogens is 1. The Bertz CT molecular complexity index is 1490. The van der Waals surface area contributed by atoms with Crippen LogP contribution in [0.25, 0.3) is 0 Å². The van der Waals surface area contributed by atoms with Crippen LogP contribution in [0.2, 0.25) is 5.02 Å². The summed E-state index contributed by atoms with van der Waals surface area (Å²) in [5.41, 5.74) is 4.51. The van der Waals surface area contributed by atoms with Gasteiger partial charge in [-0.3, -0.25) is 4.79 Å². The van der Waals surface area contributed by atoms with Gasteiger partial charge >= 0.3 is 0 Å². The number of benzene rings is 3. The van der Waals surface area contributed by atoms with Crippen molar-refractivity contribution >= 4 is 40.4 Å². The number of carbonyl (C=O) groups excluding carboxylic acids is 1. The van der Waals surface area contributed by atoms with Crippen LogP contribution >= 0.6 is 11.6 Å². The van der Waals surface area contributed by atoms with E-state index in [-0.39, 0.29) is 46.4 Å². The predicted molar refractivity (Wildman–Crippen MR) is 148 cm³/mol. The summed E-state index contributed by atoms with van der Waals surface area (Å²) in [6.07, 6.45) is 0.565. The number of hydrogen-bond donors (Lipinski definition) is 4. The molecular formula is C27H25ClN8O4. The van der Waals surface area contributed by atoms with Gasteiger partial charge in [0.15, 0.2) is 5.69 Å². The average molecular weight is 561 g/mol. The highest BCUT2D eigenvalue weighted by molar-refractivity contribution is 6.31. The zero-order valence-electron chi connectivity index (χ0n) is 21.4. The third-order valence-electron chi connectivity index (χ3n) is 5.62. The van der Waals surface area contributed by atoms with Crippen molar-refractivity contribution in [2.75, 3.05) is 18.0 Å². The van der Waals surface area contributed by atoms with Crippen LogP contribution in [0.4, 0.5) is 17.1 Å². The van der Waals surface area contributed by atoms with E-state index in [1.165, 1.54) is 36.4 Å². The number of amides is 1. The molecule has 0 radical (unpaired) electrons. The highest BCUT2D eigenvalue weighted by atomic mass is 35.5. The number of hydrogen-bond acceptors (Lipinski definition) is 9. The molecule has 0 saturated heterocycles. The molecule has 1 amide bonds. The maximum Gasteiger partial charge on any atom is 0.275 e. The van der Waals surface area contributed by atoms with Crippen molar-refractivity contribution in [3.8, 4) is 17.9 Å². The molecule has 0 aliphatic carbocycles. The normalized spacial score (nSPS) is 12.0. The number of anilines is 1. The summed E-state index contributed by atoms with van der Waals surface area (Å²) in [7, 11) is 0. The van der Waals surface area contributed by atoms with E-state index in [1.807, 2.05) is 11.0 Å². The standard InChI is InChI=1S/C27H25ClN8O4/c1-18-15-21(35(13-3-11-29)14-4-12-30)8-9-23(18)26(32-31-20-5-2-6-22(17-20)36(39)40)33-34-27(38)24-16-19(28)7-10-25(24)37/h2,5-10,15-17,36-37,39H,3-4,13-14H2,1H3,(H,34,38)/b32-31?,33-26-. The topological polar surface area (TPSA) is 185 Å². The van der Waals surface area contributed by atoms with Crippen molar-refractivity contribution in [2.45, 2.75) is 19.8 Å². The summed E-state index contributed by atoms with van der Waals surface area (Å²) in [6.45, 7) is 2.68. The molecule has 0 aliphatic rings. The molecule has 204 valence electrons. The Morgan fingerprint density at radius 1 is 1.07 bits per heavy atom. The summed E-state index contributed by atoms with van der Waals surface area (Å²) >= 11 is 5.95. The van der Waals surface area contributed by atoms with Gasteiger partial charge in [-0.1, -0.05) is 17.7 Å². The molecule has 1 atom stereocenters. The summed E-state index contributed by atoms with van der Waals surface area (Å²) in [4.78, 5) is 14.7. The highest BCUT2D eigenvalue weighted by Gasteiger charge is 2.15. The van der Waals surface area contributed by atoms with Gasteiger partial charge in [-0.2, -0.15) is 15.8 Å². The maximum absolute atomic E-state index is 12.7. The van der Waals surface area contributed by atoms with Crippen LogP contribution in [0.15, 0.2) is 76.0 Å². The molecule has 12 nitrogen and oxygen atoms in total. The summed E-state index contributed by atoms with van der Waals surface area (Å²) in [5.74, 6) is -1.03. The van der Waals surface area contributed by atoms with Crippen LogP contribution in [0.3, 0.4) is 0 Å². The van der Waals surface area contributed by atoms with Gasteiger partial charge in [-0.05, 0) is 55.0 Å². The first-order valence-electron chi connectivity index (χ1n) is 11.9. The van der Waals surface area contributed by atoms with Gasteiger partial charge < -0.3 is 15.2 Å². The van der Waals surface area contributed by atoms with Gasteiger partial charge in [-0.25, -0.2) is 10.6 Å². The lowest BCUT2D eigenvalue weighted by atomic mass is 10.1. The molecule has 0 aliphatic heterocycles. The lowest BCUT2D eigenvalue weighted by Gasteiger charge is -2.23. The molecule has 3 rings (SSSR count). The Labute approximate surface area is 235 Å². The van der Waals surface area contributed by atoms with E-state index in [0.717, 1.165) is 5.69 Å². The number of aromatic hydroxyl groups is 1. The number of halogens is 1. The number of rotatable bonds is 10. The SMILES string of the molecule is Cc1cc(N(CCC#N)CCC#N)ccc1/C(N=Nc1cccc([NH+]([O-])O)c1)=N/NC(=O)c1cc(Cl)ccc1O. The molecule has 0 fully saturated rings. The first-order chi connectivity index (χ1) is 19.2. The van der Waals surface area contributed by atoms with E-state index in [1.54, 1.807) is 25.1 Å². The van der Waals surface area contributed by atoms with E-state index < -0.39 is 11.1 Å². The number of nitrogens with zero attached hydrogens (tertiary/aromatic N) is 6. The van der Waals surface area contributed by atoms with E-state index in [4.69, 9.17) is 22.1 Å². The Morgan fingerprint density at radius 2 is 1.80 bits per heavy atom. The fourth-order valence-corrected chi connectivity index (χ4v) is 3.80. The number of phenolic OH excluding ortho intramolecular Hbond substituents is 1. The first kappa shape index (κ1) is 29.7. The molecule has 0 bridgehead atoms. The molecule has 0 spiro atoms. The fraction of sp³-hybridized carbons (Fsp3) is 0.185. The highest BCUT2D eigenvalue weighted by Crippen LogP contribution is 2.24. The number of aryl methyl sites for hydroxylation is 1. The van der Waals surface area contributed by atoms with E-state index in [0.29, 0.717) is 24.2 Å². The minimum atomic E-state index is -1.12. The van der Waals surface area contributed by atoms with Crippen LogP contribution < -0.4 is 15.6 Å². The van der Waals surface area contributed by atoms with Gasteiger partial charge in [-0.15, -0.1) is 15.3 Å². The molecule has 0 saturated carbocycles. The quantitative estimate of drug-likeness (QED) is 0.123. The summed E-state index contributed by atoms with van der Waals surface area (Å²) in [6, 6.07) is 19.4. The second-order valence-electron chi connectivity index (χ2n) is 8.40. The lowest BCUT2D eigenvalue weighted by molar-refractivity contribution is -0.991. The Hall–Kier alpha value is -4.85. The summed E-state index contributed by atoms with van der Waals surface area (Å²) < 4.78 is 0. The molecule has 3 aromatic carbocycles. The minimum absolute atomic E-state index is 0.000227. The second-order valence-corrected chi connectivity index (χ2v) is 8.83. The fourth-order valence-electron chi connectivity index (χ4n) is 3.63. The summed E-state index contributed by atoms with van der Waals surface area (Å²) in [5, 5.41) is 60.2. The van der Waals surface area contributed by atoms with Crippen molar-refractivity contribution in [3.63, 3.8) is 0 Å². The molecule has 3 aromatic rings. The Balaban J connectivity index is 2.00. The number of carbonyl (C=O) groups is 1. The third-order valence-corrected chi connectivity index (χ3v) is 5.86. The molecule has 4 N–H and O–H groups in total. The Morgan fingerprint density at radius 3 is 2.45 bits per heavy atom. The van der Waals surface area contributed by atoms with Crippen LogP contribution in [0.5, 0.6) is 5.75 Å². The monoisotopic (exact) mass is 560 g/mol. The third kappa shape index (κ3) is 8.07. The maximum atomic E-state index is 12.7. The smallest absolute Gasteiger partial charge is 0.275 e. The van der Waals surface area contributed by atoms with Gasteiger partial charge in [0.1, 0.15) is 5.75 Å². The minimum Gasteiger partial charge on any atom is -0.595 e. The number of phenols is 1. The lowest BCUT2D eigenvalue weighted by Crippen LogP contribution is -2.99. The molecule has 1 unspecified atom stereocenters. The van der Waals surface area contributed by atoms with Gasteiger partial charge in [0.2, 0.25) is 5.84 Å². The molecule has 0 heterocycles. The van der Waals surface area contributed by atoms with Gasteiger partial charge in [0.25, 0.3) is 5.91 Å². The van der Waals surface area contributed by atoms with Crippen LogP contribution in [-0.2, 0) is 0 Å². The molecule has 13 heteroatoms. The van der Waals surface area contributed by atoms with Crippen molar-refractivity contribution in [1.82, 2.24) is 5.43 Å². The number of hydrazone groups is 1. The van der Waals surface area contributed by atoms with Crippen LogP contribution in [0.1, 0.15) is 34.3 Å². The van der Waals surface area contributed by atoms with Gasteiger partial charge in [0.05, 0.1) is 36.2 Å². The Kier molecular flexibility index (Phi) is 10.7. The van der Waals surface area contributed by atoms with E-state index in [9.17, 15) is 20.3 Å².